The third kappa shape index (κ3) is 5.53. The first kappa shape index (κ1) is 22.9. The minimum atomic E-state index is 0.0303. The van der Waals surface area contributed by atoms with E-state index in [4.69, 9.17) is 9.47 Å². The number of methoxy groups -OCH3 is 2. The lowest BCUT2D eigenvalue weighted by Crippen LogP contribution is -2.37. The van der Waals surface area contributed by atoms with E-state index in [0.717, 1.165) is 22.6 Å². The van der Waals surface area contributed by atoms with Crippen molar-refractivity contribution in [2.75, 3.05) is 14.2 Å². The molecule has 0 aliphatic carbocycles. The molecule has 0 radical (unpaired) electrons. The summed E-state index contributed by atoms with van der Waals surface area (Å²) in [5.74, 6) is 1.51. The minimum absolute atomic E-state index is 0.0303. The van der Waals surface area contributed by atoms with Gasteiger partial charge < -0.3 is 9.47 Å². The summed E-state index contributed by atoms with van der Waals surface area (Å²) in [6.45, 7) is 0.518. The number of hydrogen-bond donors (Lipinski definition) is 0. The van der Waals surface area contributed by atoms with Crippen molar-refractivity contribution in [3.63, 3.8) is 0 Å². The Labute approximate surface area is 198 Å². The molecular weight excluding hydrogens is 428 g/mol. The SMILES string of the molecule is COc1ccc(C(=O)C[n+]2ccc(-c3cc[n+](CC(=O)c4ccc(OC)cc4)cc3)cc2)cc1. The second-order valence-electron chi connectivity index (χ2n) is 7.82. The fraction of sp³-hybridized carbons (Fsp3) is 0.143. The molecule has 4 aromatic rings. The summed E-state index contributed by atoms with van der Waals surface area (Å²) < 4.78 is 14.0. The molecule has 0 aliphatic heterocycles. The molecule has 0 amide bonds. The zero-order valence-electron chi connectivity index (χ0n) is 19.2. The molecule has 0 atom stereocenters. The molecule has 2 heterocycles. The fourth-order valence-corrected chi connectivity index (χ4v) is 3.58. The van der Waals surface area contributed by atoms with Gasteiger partial charge in [0.05, 0.1) is 14.2 Å². The average Bonchev–Trinajstić information content (AvgIpc) is 2.89. The Hall–Kier alpha value is -4.32. The van der Waals surface area contributed by atoms with Crippen molar-refractivity contribution in [3.05, 3.63) is 109 Å². The van der Waals surface area contributed by atoms with E-state index in [9.17, 15) is 9.59 Å². The fourth-order valence-electron chi connectivity index (χ4n) is 3.58. The van der Waals surface area contributed by atoms with Crippen LogP contribution >= 0.6 is 0 Å². The first-order valence-corrected chi connectivity index (χ1v) is 10.9. The van der Waals surface area contributed by atoms with Gasteiger partial charge in [0.25, 0.3) is 0 Å². The second kappa shape index (κ2) is 10.5. The monoisotopic (exact) mass is 454 g/mol. The normalized spacial score (nSPS) is 10.5. The molecule has 34 heavy (non-hydrogen) atoms. The lowest BCUT2D eigenvalue weighted by atomic mass is 10.1. The molecule has 0 saturated heterocycles. The summed E-state index contributed by atoms with van der Waals surface area (Å²) in [5.41, 5.74) is 3.35. The van der Waals surface area contributed by atoms with Crippen LogP contribution < -0.4 is 18.6 Å². The van der Waals surface area contributed by atoms with E-state index in [-0.39, 0.29) is 24.7 Å². The van der Waals surface area contributed by atoms with Crippen LogP contribution in [0.15, 0.2) is 97.6 Å². The van der Waals surface area contributed by atoms with Crippen molar-refractivity contribution in [3.8, 4) is 22.6 Å². The first-order valence-electron chi connectivity index (χ1n) is 10.9. The van der Waals surface area contributed by atoms with Gasteiger partial charge >= 0.3 is 0 Å². The number of hydrogen-bond acceptors (Lipinski definition) is 4. The first-order chi connectivity index (χ1) is 16.6. The van der Waals surface area contributed by atoms with Crippen molar-refractivity contribution in [1.29, 1.82) is 0 Å². The maximum absolute atomic E-state index is 12.5. The number of aromatic nitrogens is 2. The van der Waals surface area contributed by atoms with Gasteiger partial charge in [-0.25, -0.2) is 0 Å². The topological polar surface area (TPSA) is 60.4 Å². The molecule has 6 heteroatoms. The Bertz CT molecular complexity index is 1160. The number of carbonyl (C=O) groups is 2. The largest absolute Gasteiger partial charge is 0.497 e. The molecule has 0 fully saturated rings. The molecule has 0 aliphatic rings. The predicted molar refractivity (Wildman–Crippen MR) is 127 cm³/mol. The molecule has 0 bridgehead atoms. The van der Waals surface area contributed by atoms with Gasteiger partial charge in [0.1, 0.15) is 11.5 Å². The van der Waals surface area contributed by atoms with Gasteiger partial charge in [-0.05, 0) is 59.7 Å². The highest BCUT2D eigenvalue weighted by Crippen LogP contribution is 2.16. The number of carbonyl (C=O) groups excluding carboxylic acids is 2. The van der Waals surface area contributed by atoms with Crippen molar-refractivity contribution >= 4 is 11.6 Å². The van der Waals surface area contributed by atoms with Gasteiger partial charge in [0.2, 0.25) is 24.7 Å². The van der Waals surface area contributed by atoms with E-state index in [1.807, 2.05) is 58.2 Å². The molecule has 170 valence electrons. The molecule has 0 N–H and O–H groups in total. The Kier molecular flexibility index (Phi) is 7.08. The summed E-state index contributed by atoms with van der Waals surface area (Å²) in [7, 11) is 3.20. The number of pyridine rings is 2. The quantitative estimate of drug-likeness (QED) is 0.286. The Balaban J connectivity index is 1.37. The van der Waals surface area contributed by atoms with Crippen LogP contribution in [0.3, 0.4) is 0 Å². The molecule has 2 aromatic heterocycles. The minimum Gasteiger partial charge on any atom is -0.497 e. The lowest BCUT2D eigenvalue weighted by Gasteiger charge is -2.03. The van der Waals surface area contributed by atoms with Crippen LogP contribution in [-0.4, -0.2) is 25.8 Å². The number of ketones is 2. The van der Waals surface area contributed by atoms with E-state index in [0.29, 0.717) is 11.1 Å². The molecular formula is C28H26N2O4+2. The average molecular weight is 455 g/mol. The van der Waals surface area contributed by atoms with Crippen molar-refractivity contribution in [2.24, 2.45) is 0 Å². The van der Waals surface area contributed by atoms with E-state index in [2.05, 4.69) is 0 Å². The van der Waals surface area contributed by atoms with Crippen LogP contribution in [-0.2, 0) is 13.1 Å². The zero-order chi connectivity index (χ0) is 23.9. The van der Waals surface area contributed by atoms with Crippen LogP contribution in [0.1, 0.15) is 20.7 Å². The Morgan fingerprint density at radius 2 is 0.882 bits per heavy atom. The molecule has 0 unspecified atom stereocenters. The highest BCUT2D eigenvalue weighted by atomic mass is 16.5. The van der Waals surface area contributed by atoms with Crippen LogP contribution in [0.4, 0.5) is 0 Å². The van der Waals surface area contributed by atoms with Gasteiger partial charge in [-0.2, -0.15) is 9.13 Å². The van der Waals surface area contributed by atoms with Crippen LogP contribution in [0.5, 0.6) is 11.5 Å². The number of benzene rings is 2. The van der Waals surface area contributed by atoms with Crippen LogP contribution in [0.2, 0.25) is 0 Å². The summed E-state index contributed by atoms with van der Waals surface area (Å²) in [5, 5.41) is 0. The zero-order valence-corrected chi connectivity index (χ0v) is 19.2. The van der Waals surface area contributed by atoms with Crippen LogP contribution in [0.25, 0.3) is 11.1 Å². The third-order valence-electron chi connectivity index (χ3n) is 5.59. The van der Waals surface area contributed by atoms with Gasteiger partial charge in [-0.15, -0.1) is 0 Å². The number of nitrogens with zero attached hydrogens (tertiary/aromatic N) is 2. The van der Waals surface area contributed by atoms with E-state index < -0.39 is 0 Å². The molecule has 0 spiro atoms. The highest BCUT2D eigenvalue weighted by Gasteiger charge is 2.14. The highest BCUT2D eigenvalue weighted by molar-refractivity contribution is 5.95. The van der Waals surface area contributed by atoms with Crippen LogP contribution in [0, 0.1) is 0 Å². The van der Waals surface area contributed by atoms with E-state index in [1.165, 1.54) is 0 Å². The van der Waals surface area contributed by atoms with Crippen molar-refractivity contribution in [1.82, 2.24) is 0 Å². The van der Waals surface area contributed by atoms with Gasteiger partial charge in [-0.1, -0.05) is 0 Å². The van der Waals surface area contributed by atoms with E-state index in [1.54, 1.807) is 62.8 Å². The summed E-state index contributed by atoms with van der Waals surface area (Å²) in [4.78, 5) is 25.1. The van der Waals surface area contributed by atoms with Crippen molar-refractivity contribution < 1.29 is 28.2 Å². The molecule has 0 saturated carbocycles. The van der Waals surface area contributed by atoms with E-state index >= 15 is 0 Å². The number of rotatable bonds is 9. The lowest BCUT2D eigenvalue weighted by molar-refractivity contribution is -0.683. The maximum atomic E-state index is 12.5. The number of ether oxygens (including phenoxy) is 2. The van der Waals surface area contributed by atoms with Gasteiger partial charge in [0, 0.05) is 35.4 Å². The smallest absolute Gasteiger partial charge is 0.227 e. The maximum Gasteiger partial charge on any atom is 0.227 e. The second-order valence-corrected chi connectivity index (χ2v) is 7.82. The molecule has 4 rings (SSSR count). The van der Waals surface area contributed by atoms with Gasteiger partial charge in [-0.3, -0.25) is 9.59 Å². The molecule has 2 aromatic carbocycles. The Morgan fingerprint density at radius 1 is 0.559 bits per heavy atom. The summed E-state index contributed by atoms with van der Waals surface area (Å²) in [6, 6.07) is 22.1. The third-order valence-corrected chi connectivity index (χ3v) is 5.59. The van der Waals surface area contributed by atoms with Gasteiger partial charge in [0.15, 0.2) is 24.8 Å². The standard InChI is InChI=1S/C28H26N2O4/c1-33-25-7-3-23(4-8-25)27(31)19-29-15-11-21(12-16-29)22-13-17-30(18-14-22)20-28(32)24-5-9-26(34-2)10-6-24/h3-18H,19-20H2,1-2H3/q+2. The number of Topliss-reactive ketones (excluding diaryl/α,β-unsaturated/α-hetero) is 2. The summed E-state index contributed by atoms with van der Waals surface area (Å²) >= 11 is 0. The van der Waals surface area contributed by atoms with Crippen molar-refractivity contribution in [2.45, 2.75) is 13.1 Å². The molecule has 6 nitrogen and oxygen atoms in total. The summed E-state index contributed by atoms with van der Waals surface area (Å²) in [6.07, 6.45) is 7.58. The predicted octanol–water partition coefficient (Wildman–Crippen LogP) is 3.71. The Morgan fingerprint density at radius 3 is 1.18 bits per heavy atom.